The largest absolute Gasteiger partial charge is 0.496 e. The Balaban J connectivity index is 1.83. The fraction of sp³-hybridized carbons (Fsp3) is 0.227. The van der Waals surface area contributed by atoms with Crippen LogP contribution in [0, 0.1) is 5.82 Å². The predicted octanol–water partition coefficient (Wildman–Crippen LogP) is 4.02. The summed E-state index contributed by atoms with van der Waals surface area (Å²) in [5.74, 6) is 0.0149. The number of carbonyl (C=O) groups is 1. The van der Waals surface area contributed by atoms with Crippen molar-refractivity contribution >= 4 is 16.7 Å². The second-order valence-electron chi connectivity index (χ2n) is 6.64. The van der Waals surface area contributed by atoms with E-state index in [1.165, 1.54) is 12.1 Å². The normalized spacial score (nSPS) is 12.2. The Hall–Kier alpha value is -2.92. The topological polar surface area (TPSA) is 41.6 Å². The molecule has 0 saturated heterocycles. The number of amides is 1. The number of hydrogen-bond donors (Lipinski definition) is 1. The van der Waals surface area contributed by atoms with Gasteiger partial charge in [0, 0.05) is 6.54 Å². The van der Waals surface area contributed by atoms with E-state index in [1.54, 1.807) is 13.2 Å². The van der Waals surface area contributed by atoms with Gasteiger partial charge in [-0.25, -0.2) is 4.39 Å². The Morgan fingerprint density at radius 2 is 1.78 bits per heavy atom. The van der Waals surface area contributed by atoms with Gasteiger partial charge in [-0.1, -0.05) is 36.4 Å². The van der Waals surface area contributed by atoms with Gasteiger partial charge < -0.3 is 15.0 Å². The van der Waals surface area contributed by atoms with Crippen molar-refractivity contribution in [1.29, 1.82) is 0 Å². The predicted molar refractivity (Wildman–Crippen MR) is 106 cm³/mol. The number of halogens is 1. The highest BCUT2D eigenvalue weighted by Gasteiger charge is 2.18. The van der Waals surface area contributed by atoms with E-state index in [4.69, 9.17) is 4.74 Å². The zero-order valence-electron chi connectivity index (χ0n) is 15.7. The van der Waals surface area contributed by atoms with Gasteiger partial charge >= 0.3 is 0 Å². The van der Waals surface area contributed by atoms with E-state index in [9.17, 15) is 9.18 Å². The van der Waals surface area contributed by atoms with Crippen LogP contribution in [0.1, 0.15) is 22.0 Å². The van der Waals surface area contributed by atoms with Crippen LogP contribution < -0.4 is 10.1 Å². The van der Waals surface area contributed by atoms with Crippen LogP contribution in [0.2, 0.25) is 0 Å². The van der Waals surface area contributed by atoms with Gasteiger partial charge in [-0.15, -0.1) is 0 Å². The average Bonchev–Trinajstić information content (AvgIpc) is 2.66. The highest BCUT2D eigenvalue weighted by Crippen LogP contribution is 2.26. The van der Waals surface area contributed by atoms with E-state index in [0.717, 1.165) is 16.3 Å². The molecule has 0 heterocycles. The molecule has 140 valence electrons. The fourth-order valence-corrected chi connectivity index (χ4v) is 3.16. The van der Waals surface area contributed by atoms with Crippen molar-refractivity contribution < 1.29 is 13.9 Å². The monoisotopic (exact) mass is 366 g/mol. The zero-order valence-corrected chi connectivity index (χ0v) is 15.7. The molecule has 0 unspecified atom stereocenters. The van der Waals surface area contributed by atoms with E-state index in [2.05, 4.69) is 5.32 Å². The van der Waals surface area contributed by atoms with Gasteiger partial charge in [0.15, 0.2) is 0 Å². The minimum atomic E-state index is -0.290. The second kappa shape index (κ2) is 8.18. The Kier molecular flexibility index (Phi) is 5.72. The van der Waals surface area contributed by atoms with Crippen LogP contribution in [0.25, 0.3) is 10.8 Å². The number of methoxy groups -OCH3 is 1. The highest BCUT2D eigenvalue weighted by molar-refractivity contribution is 6.01. The van der Waals surface area contributed by atoms with Gasteiger partial charge in [-0.2, -0.15) is 0 Å². The third kappa shape index (κ3) is 4.26. The summed E-state index contributed by atoms with van der Waals surface area (Å²) < 4.78 is 19.0. The molecule has 0 radical (unpaired) electrons. The van der Waals surface area contributed by atoms with Gasteiger partial charge in [0.05, 0.1) is 18.7 Å². The molecule has 0 aliphatic carbocycles. The minimum Gasteiger partial charge on any atom is -0.496 e. The summed E-state index contributed by atoms with van der Waals surface area (Å²) in [4.78, 5) is 14.8. The number of ether oxygens (including phenoxy) is 1. The lowest BCUT2D eigenvalue weighted by atomic mass is 10.0. The van der Waals surface area contributed by atoms with Crippen LogP contribution in [0.15, 0.2) is 60.7 Å². The smallest absolute Gasteiger partial charge is 0.255 e. The lowest BCUT2D eigenvalue weighted by Gasteiger charge is -2.25. The Morgan fingerprint density at radius 1 is 1.07 bits per heavy atom. The summed E-state index contributed by atoms with van der Waals surface area (Å²) >= 11 is 0. The first kappa shape index (κ1) is 18.9. The molecule has 0 saturated carbocycles. The number of nitrogens with one attached hydrogen (secondary N) is 1. The van der Waals surface area contributed by atoms with Crippen molar-refractivity contribution in [1.82, 2.24) is 10.2 Å². The number of likely N-dealkylation sites (N-methyl/N-ethyl adjacent to an activating group) is 1. The van der Waals surface area contributed by atoms with Gasteiger partial charge in [-0.05, 0) is 54.7 Å². The number of fused-ring (bicyclic) bond motifs is 1. The Bertz CT molecular complexity index is 956. The van der Waals surface area contributed by atoms with Crippen LogP contribution in [0.4, 0.5) is 4.39 Å². The molecular formula is C22H23FN2O2. The van der Waals surface area contributed by atoms with Crippen LogP contribution in [0.5, 0.6) is 5.75 Å². The first-order valence-electron chi connectivity index (χ1n) is 8.76. The van der Waals surface area contributed by atoms with Crippen molar-refractivity contribution in [2.45, 2.75) is 6.04 Å². The van der Waals surface area contributed by atoms with Gasteiger partial charge in [0.2, 0.25) is 0 Å². The molecular weight excluding hydrogens is 343 g/mol. The summed E-state index contributed by atoms with van der Waals surface area (Å²) in [7, 11) is 5.35. The average molecular weight is 366 g/mol. The molecule has 3 rings (SSSR count). The molecule has 1 atom stereocenters. The maximum atomic E-state index is 13.6. The summed E-state index contributed by atoms with van der Waals surface area (Å²) in [6.45, 7) is 0.352. The first-order chi connectivity index (χ1) is 13.0. The third-order valence-corrected chi connectivity index (χ3v) is 4.63. The lowest BCUT2D eigenvalue weighted by molar-refractivity contribution is 0.0939. The number of benzene rings is 3. The van der Waals surface area contributed by atoms with Crippen LogP contribution in [0.3, 0.4) is 0 Å². The SMILES string of the molecule is COc1cc2ccccc2cc1C(=O)NC[C@H](c1cccc(F)c1)N(C)C. The van der Waals surface area contributed by atoms with Crippen molar-refractivity contribution in [2.75, 3.05) is 27.7 Å². The third-order valence-electron chi connectivity index (χ3n) is 4.63. The maximum absolute atomic E-state index is 13.6. The van der Waals surface area contributed by atoms with Gasteiger partial charge in [0.25, 0.3) is 5.91 Å². The molecule has 5 heteroatoms. The van der Waals surface area contributed by atoms with E-state index in [-0.39, 0.29) is 17.8 Å². The van der Waals surface area contributed by atoms with E-state index < -0.39 is 0 Å². The summed E-state index contributed by atoms with van der Waals surface area (Å²) in [6.07, 6.45) is 0. The number of carbonyl (C=O) groups excluding carboxylic acids is 1. The summed E-state index contributed by atoms with van der Waals surface area (Å²) in [6, 6.07) is 17.8. The molecule has 0 aliphatic heterocycles. The molecule has 1 N–H and O–H groups in total. The van der Waals surface area contributed by atoms with Crippen molar-refractivity contribution in [3.05, 3.63) is 77.6 Å². The van der Waals surface area contributed by atoms with Gasteiger partial charge in [-0.3, -0.25) is 4.79 Å². The van der Waals surface area contributed by atoms with E-state index in [1.807, 2.05) is 61.5 Å². The standard InChI is InChI=1S/C22H23FN2O2/c1-25(2)20(17-9-6-10-18(23)11-17)14-24-22(26)19-12-15-7-4-5-8-16(15)13-21(19)27-3/h4-13,20H,14H2,1-3H3,(H,24,26)/t20-/m1/s1. The first-order valence-corrected chi connectivity index (χ1v) is 8.76. The maximum Gasteiger partial charge on any atom is 0.255 e. The highest BCUT2D eigenvalue weighted by atomic mass is 19.1. The van der Waals surface area contributed by atoms with Gasteiger partial charge in [0.1, 0.15) is 11.6 Å². The fourth-order valence-electron chi connectivity index (χ4n) is 3.16. The molecule has 0 spiro atoms. The molecule has 27 heavy (non-hydrogen) atoms. The molecule has 0 bridgehead atoms. The number of hydrogen-bond acceptors (Lipinski definition) is 3. The quantitative estimate of drug-likeness (QED) is 0.716. The molecule has 0 fully saturated rings. The minimum absolute atomic E-state index is 0.142. The zero-order chi connectivity index (χ0) is 19.4. The number of nitrogens with zero attached hydrogens (tertiary/aromatic N) is 1. The van der Waals surface area contributed by atoms with Crippen LogP contribution in [-0.2, 0) is 0 Å². The lowest BCUT2D eigenvalue weighted by Crippen LogP contribution is -2.34. The van der Waals surface area contributed by atoms with Crippen molar-refractivity contribution in [3.8, 4) is 5.75 Å². The summed E-state index contributed by atoms with van der Waals surface area (Å²) in [5.41, 5.74) is 1.29. The van der Waals surface area contributed by atoms with E-state index in [0.29, 0.717) is 17.9 Å². The van der Waals surface area contributed by atoms with Crippen LogP contribution in [-0.4, -0.2) is 38.6 Å². The van der Waals surface area contributed by atoms with Crippen LogP contribution >= 0.6 is 0 Å². The van der Waals surface area contributed by atoms with Crippen molar-refractivity contribution in [3.63, 3.8) is 0 Å². The Morgan fingerprint density at radius 3 is 2.41 bits per heavy atom. The molecule has 0 aromatic heterocycles. The van der Waals surface area contributed by atoms with Crippen molar-refractivity contribution in [2.24, 2.45) is 0 Å². The number of rotatable bonds is 6. The molecule has 3 aromatic carbocycles. The van der Waals surface area contributed by atoms with E-state index >= 15 is 0 Å². The molecule has 4 nitrogen and oxygen atoms in total. The second-order valence-corrected chi connectivity index (χ2v) is 6.64. The molecule has 1 amide bonds. The summed E-state index contributed by atoms with van der Waals surface area (Å²) in [5, 5.41) is 4.94. The molecule has 0 aliphatic rings. The molecule has 3 aromatic rings. The Labute approximate surface area is 158 Å².